The summed E-state index contributed by atoms with van der Waals surface area (Å²) < 4.78 is 5.13. The SMILES string of the molecule is Cc1cccc(C(=O)N[C@@H](C)C(=O)O[C@@H](C)C(=O)Nc2ccc(C#N)cc2)c1. The Kier molecular flexibility index (Phi) is 6.88. The molecular weight excluding hydrogens is 358 g/mol. The third-order valence-electron chi connectivity index (χ3n) is 3.93. The minimum atomic E-state index is -1.05. The molecule has 0 aromatic heterocycles. The van der Waals surface area contributed by atoms with Crippen LogP contribution in [0.1, 0.15) is 35.3 Å². The number of nitrogens with one attached hydrogen (secondary N) is 2. The van der Waals surface area contributed by atoms with Crippen LogP contribution >= 0.6 is 0 Å². The third kappa shape index (κ3) is 5.68. The van der Waals surface area contributed by atoms with Crippen molar-refractivity contribution in [2.75, 3.05) is 5.32 Å². The molecule has 0 saturated carbocycles. The Morgan fingerprint density at radius 1 is 1.07 bits per heavy atom. The molecule has 7 heteroatoms. The summed E-state index contributed by atoms with van der Waals surface area (Å²) in [6.45, 7) is 4.79. The van der Waals surface area contributed by atoms with Crippen molar-refractivity contribution in [2.45, 2.75) is 32.9 Å². The second-order valence-electron chi connectivity index (χ2n) is 6.32. The van der Waals surface area contributed by atoms with Gasteiger partial charge in [0.2, 0.25) is 0 Å². The van der Waals surface area contributed by atoms with Gasteiger partial charge in [0.1, 0.15) is 6.04 Å². The van der Waals surface area contributed by atoms with E-state index in [0.29, 0.717) is 16.8 Å². The number of esters is 1. The van der Waals surface area contributed by atoms with Crippen LogP contribution < -0.4 is 10.6 Å². The first-order valence-corrected chi connectivity index (χ1v) is 8.69. The Morgan fingerprint density at radius 2 is 1.75 bits per heavy atom. The first kappa shape index (κ1) is 20.6. The molecule has 28 heavy (non-hydrogen) atoms. The maximum absolute atomic E-state index is 12.2. The molecule has 2 amide bonds. The lowest BCUT2D eigenvalue weighted by Crippen LogP contribution is -2.42. The first-order valence-electron chi connectivity index (χ1n) is 8.69. The number of hydrogen-bond donors (Lipinski definition) is 2. The van der Waals surface area contributed by atoms with Crippen molar-refractivity contribution in [1.29, 1.82) is 5.26 Å². The van der Waals surface area contributed by atoms with Crippen LogP contribution in [0.15, 0.2) is 48.5 Å². The molecule has 144 valence electrons. The van der Waals surface area contributed by atoms with E-state index < -0.39 is 29.9 Å². The average Bonchev–Trinajstić information content (AvgIpc) is 2.68. The van der Waals surface area contributed by atoms with Gasteiger partial charge in [-0.1, -0.05) is 17.7 Å². The fourth-order valence-corrected chi connectivity index (χ4v) is 2.33. The van der Waals surface area contributed by atoms with Gasteiger partial charge in [-0.05, 0) is 57.2 Å². The smallest absolute Gasteiger partial charge is 0.329 e. The molecule has 0 aliphatic carbocycles. The molecule has 0 heterocycles. The quantitative estimate of drug-likeness (QED) is 0.750. The zero-order chi connectivity index (χ0) is 20.7. The number of nitriles is 1. The van der Waals surface area contributed by atoms with Crippen LogP contribution in [0, 0.1) is 18.3 Å². The largest absolute Gasteiger partial charge is 0.451 e. The van der Waals surface area contributed by atoms with Crippen molar-refractivity contribution < 1.29 is 19.1 Å². The van der Waals surface area contributed by atoms with Crippen LogP contribution in [0.4, 0.5) is 5.69 Å². The number of carbonyl (C=O) groups is 3. The summed E-state index contributed by atoms with van der Waals surface area (Å²) in [4.78, 5) is 36.5. The van der Waals surface area contributed by atoms with Crippen LogP contribution in [-0.4, -0.2) is 29.9 Å². The van der Waals surface area contributed by atoms with Gasteiger partial charge >= 0.3 is 5.97 Å². The molecule has 2 atom stereocenters. The predicted molar refractivity (Wildman–Crippen MR) is 103 cm³/mol. The van der Waals surface area contributed by atoms with Gasteiger partial charge in [-0.2, -0.15) is 5.26 Å². The summed E-state index contributed by atoms with van der Waals surface area (Å²) in [7, 11) is 0. The van der Waals surface area contributed by atoms with Gasteiger partial charge in [-0.25, -0.2) is 4.79 Å². The third-order valence-corrected chi connectivity index (χ3v) is 3.93. The summed E-state index contributed by atoms with van der Waals surface area (Å²) in [6.07, 6.45) is -1.05. The van der Waals surface area contributed by atoms with Crippen molar-refractivity contribution in [3.8, 4) is 6.07 Å². The summed E-state index contributed by atoms with van der Waals surface area (Å²) >= 11 is 0. The van der Waals surface area contributed by atoms with Gasteiger partial charge in [0.25, 0.3) is 11.8 Å². The molecule has 0 fully saturated rings. The fraction of sp³-hybridized carbons (Fsp3) is 0.238. The van der Waals surface area contributed by atoms with Crippen LogP contribution in [0.3, 0.4) is 0 Å². The van der Waals surface area contributed by atoms with Gasteiger partial charge < -0.3 is 15.4 Å². The number of benzene rings is 2. The van der Waals surface area contributed by atoms with Gasteiger partial charge in [0.15, 0.2) is 6.10 Å². The standard InChI is InChI=1S/C21H21N3O4/c1-13-5-4-6-17(11-13)20(26)23-14(2)21(27)28-15(3)19(25)24-18-9-7-16(12-22)8-10-18/h4-11,14-15H,1-3H3,(H,23,26)(H,24,25)/t14-,15-/m0/s1. The van der Waals surface area contributed by atoms with Crippen LogP contribution in [0.5, 0.6) is 0 Å². The fourth-order valence-electron chi connectivity index (χ4n) is 2.33. The Balaban J connectivity index is 1.88. The van der Waals surface area contributed by atoms with Gasteiger partial charge in [0.05, 0.1) is 11.6 Å². The lowest BCUT2D eigenvalue weighted by molar-refractivity contribution is -0.154. The van der Waals surface area contributed by atoms with E-state index in [4.69, 9.17) is 10.00 Å². The van der Waals surface area contributed by atoms with Crippen molar-refractivity contribution >= 4 is 23.5 Å². The van der Waals surface area contributed by atoms with E-state index in [1.165, 1.54) is 13.8 Å². The number of rotatable bonds is 6. The highest BCUT2D eigenvalue weighted by Gasteiger charge is 2.23. The maximum atomic E-state index is 12.2. The number of anilines is 1. The molecule has 0 saturated heterocycles. The van der Waals surface area contributed by atoms with Crippen molar-refractivity contribution in [3.63, 3.8) is 0 Å². The lowest BCUT2D eigenvalue weighted by Gasteiger charge is -2.17. The zero-order valence-electron chi connectivity index (χ0n) is 15.9. The molecule has 7 nitrogen and oxygen atoms in total. The minimum Gasteiger partial charge on any atom is -0.451 e. The molecule has 0 aliphatic heterocycles. The number of ether oxygens (including phenoxy) is 1. The molecule has 2 rings (SSSR count). The Morgan fingerprint density at radius 3 is 2.36 bits per heavy atom. The topological polar surface area (TPSA) is 108 Å². The maximum Gasteiger partial charge on any atom is 0.329 e. The first-order chi connectivity index (χ1) is 13.3. The van der Waals surface area contributed by atoms with Crippen LogP contribution in [-0.2, 0) is 14.3 Å². The number of amides is 2. The molecule has 2 aromatic carbocycles. The number of carbonyl (C=O) groups excluding carboxylic acids is 3. The molecular formula is C21H21N3O4. The molecule has 0 unspecified atom stereocenters. The van der Waals surface area contributed by atoms with E-state index in [1.807, 2.05) is 19.1 Å². The number of hydrogen-bond acceptors (Lipinski definition) is 5. The summed E-state index contributed by atoms with van der Waals surface area (Å²) in [5, 5.41) is 13.9. The van der Waals surface area contributed by atoms with E-state index in [-0.39, 0.29) is 0 Å². The van der Waals surface area contributed by atoms with Crippen molar-refractivity contribution in [3.05, 3.63) is 65.2 Å². The molecule has 2 aromatic rings. The summed E-state index contributed by atoms with van der Waals surface area (Å²) in [6, 6.07) is 14.3. The monoisotopic (exact) mass is 379 g/mol. The second kappa shape index (κ2) is 9.33. The molecule has 0 aliphatic rings. The van der Waals surface area contributed by atoms with E-state index in [9.17, 15) is 14.4 Å². The average molecular weight is 379 g/mol. The predicted octanol–water partition coefficient (Wildman–Crippen LogP) is 2.56. The van der Waals surface area contributed by atoms with Gasteiger partial charge in [-0.15, -0.1) is 0 Å². The minimum absolute atomic E-state index is 0.400. The highest BCUT2D eigenvalue weighted by atomic mass is 16.5. The summed E-state index contributed by atoms with van der Waals surface area (Å²) in [5.41, 5.74) is 2.31. The van der Waals surface area contributed by atoms with Crippen molar-refractivity contribution in [2.24, 2.45) is 0 Å². The van der Waals surface area contributed by atoms with E-state index in [1.54, 1.807) is 42.5 Å². The lowest BCUT2D eigenvalue weighted by atomic mass is 10.1. The number of nitrogens with zero attached hydrogens (tertiary/aromatic N) is 1. The van der Waals surface area contributed by atoms with Gasteiger partial charge in [-0.3, -0.25) is 9.59 Å². The van der Waals surface area contributed by atoms with E-state index in [0.717, 1.165) is 5.56 Å². The molecule has 2 N–H and O–H groups in total. The second-order valence-corrected chi connectivity index (χ2v) is 6.32. The highest BCUT2D eigenvalue weighted by molar-refractivity contribution is 5.98. The van der Waals surface area contributed by atoms with Crippen LogP contribution in [0.2, 0.25) is 0 Å². The Labute approximate surface area is 163 Å². The molecule has 0 radical (unpaired) electrons. The molecule has 0 bridgehead atoms. The Bertz CT molecular complexity index is 916. The van der Waals surface area contributed by atoms with Crippen molar-refractivity contribution in [1.82, 2.24) is 5.32 Å². The number of aryl methyl sites for hydroxylation is 1. The highest BCUT2D eigenvalue weighted by Crippen LogP contribution is 2.10. The normalized spacial score (nSPS) is 12.2. The summed E-state index contributed by atoms with van der Waals surface area (Å²) in [5.74, 6) is -1.64. The molecule has 0 spiro atoms. The Hall–Kier alpha value is -3.66. The zero-order valence-corrected chi connectivity index (χ0v) is 15.9. The van der Waals surface area contributed by atoms with E-state index >= 15 is 0 Å². The van der Waals surface area contributed by atoms with Gasteiger partial charge in [0, 0.05) is 11.3 Å². The van der Waals surface area contributed by atoms with Crippen LogP contribution in [0.25, 0.3) is 0 Å². The van der Waals surface area contributed by atoms with E-state index in [2.05, 4.69) is 10.6 Å².